The van der Waals surface area contributed by atoms with Gasteiger partial charge in [-0.05, 0) is 26.3 Å². The molecule has 0 spiro atoms. The summed E-state index contributed by atoms with van der Waals surface area (Å²) in [6.45, 7) is 11.1. The van der Waals surface area contributed by atoms with E-state index in [4.69, 9.17) is 5.73 Å². The molecule has 0 rings (SSSR count). The third-order valence-electron chi connectivity index (χ3n) is 2.44. The molecule has 0 aliphatic rings. The highest BCUT2D eigenvalue weighted by Crippen LogP contribution is 2.05. The van der Waals surface area contributed by atoms with E-state index >= 15 is 0 Å². The summed E-state index contributed by atoms with van der Waals surface area (Å²) < 4.78 is 0. The molecule has 3 nitrogen and oxygen atoms in total. The number of hydrazine groups is 1. The van der Waals surface area contributed by atoms with Crippen LogP contribution in [0.25, 0.3) is 0 Å². The standard InChI is InChI=1S/C11H26N3/c1-4-6-8-11(3)14(5-2)13-10-7-9-12/h11,13H,1,4-10,12H2,2-3H3. The summed E-state index contributed by atoms with van der Waals surface area (Å²) in [5, 5.41) is 2.30. The fourth-order valence-corrected chi connectivity index (χ4v) is 1.50. The van der Waals surface area contributed by atoms with Gasteiger partial charge in [0.15, 0.2) is 0 Å². The molecule has 1 radical (unpaired) electrons. The lowest BCUT2D eigenvalue weighted by Crippen LogP contribution is -2.44. The molecule has 0 amide bonds. The van der Waals surface area contributed by atoms with Gasteiger partial charge in [0.25, 0.3) is 0 Å². The fourth-order valence-electron chi connectivity index (χ4n) is 1.50. The van der Waals surface area contributed by atoms with Crippen molar-refractivity contribution in [2.45, 2.75) is 45.6 Å². The van der Waals surface area contributed by atoms with Crippen LogP contribution >= 0.6 is 0 Å². The summed E-state index contributed by atoms with van der Waals surface area (Å²) in [4.78, 5) is 0. The molecule has 0 bridgehead atoms. The van der Waals surface area contributed by atoms with Crippen molar-refractivity contribution in [3.8, 4) is 0 Å². The first-order valence-electron chi connectivity index (χ1n) is 5.75. The van der Waals surface area contributed by atoms with Crippen molar-refractivity contribution in [2.75, 3.05) is 19.6 Å². The minimum atomic E-state index is 0.597. The lowest BCUT2D eigenvalue weighted by Gasteiger charge is -2.28. The van der Waals surface area contributed by atoms with E-state index in [0.29, 0.717) is 6.04 Å². The van der Waals surface area contributed by atoms with Gasteiger partial charge >= 0.3 is 0 Å². The van der Waals surface area contributed by atoms with Gasteiger partial charge in [0.1, 0.15) is 0 Å². The molecule has 0 aliphatic carbocycles. The first-order valence-corrected chi connectivity index (χ1v) is 5.75. The zero-order chi connectivity index (χ0) is 10.8. The third kappa shape index (κ3) is 6.35. The number of rotatable bonds is 9. The van der Waals surface area contributed by atoms with Crippen LogP contribution in [0.3, 0.4) is 0 Å². The maximum absolute atomic E-state index is 5.45. The van der Waals surface area contributed by atoms with Crippen molar-refractivity contribution >= 4 is 0 Å². The van der Waals surface area contributed by atoms with Gasteiger partial charge in [-0.25, -0.2) is 5.01 Å². The Balaban J connectivity index is 3.62. The van der Waals surface area contributed by atoms with Crippen molar-refractivity contribution < 1.29 is 0 Å². The van der Waals surface area contributed by atoms with Crippen LogP contribution in [-0.2, 0) is 0 Å². The van der Waals surface area contributed by atoms with Gasteiger partial charge in [-0.2, -0.15) is 0 Å². The van der Waals surface area contributed by atoms with Gasteiger partial charge in [-0.3, -0.25) is 5.43 Å². The number of nitrogens with two attached hydrogens (primary N) is 1. The molecule has 0 heterocycles. The van der Waals surface area contributed by atoms with Crippen molar-refractivity contribution in [3.63, 3.8) is 0 Å². The van der Waals surface area contributed by atoms with Gasteiger partial charge in [-0.1, -0.05) is 26.7 Å². The highest BCUT2D eigenvalue weighted by atomic mass is 15.5. The molecule has 85 valence electrons. The molecule has 14 heavy (non-hydrogen) atoms. The summed E-state index contributed by atoms with van der Waals surface area (Å²) in [6, 6.07) is 0.597. The smallest absolute Gasteiger partial charge is 0.0215 e. The van der Waals surface area contributed by atoms with Crippen LogP contribution in [0.1, 0.15) is 39.5 Å². The van der Waals surface area contributed by atoms with Crippen LogP contribution in [0.2, 0.25) is 0 Å². The zero-order valence-corrected chi connectivity index (χ0v) is 9.76. The van der Waals surface area contributed by atoms with Crippen molar-refractivity contribution in [3.05, 3.63) is 6.92 Å². The first kappa shape index (κ1) is 13.9. The Kier molecular flexibility index (Phi) is 9.35. The molecule has 0 saturated carbocycles. The molecule has 0 aromatic rings. The second kappa shape index (κ2) is 9.44. The molecule has 0 fully saturated rings. The third-order valence-corrected chi connectivity index (χ3v) is 2.44. The predicted octanol–water partition coefficient (Wildman–Crippen LogP) is 1.55. The number of unbranched alkanes of at least 4 members (excludes halogenated alkanes) is 1. The zero-order valence-electron chi connectivity index (χ0n) is 9.76. The summed E-state index contributed by atoms with van der Waals surface area (Å²) in [6.07, 6.45) is 4.49. The van der Waals surface area contributed by atoms with E-state index in [-0.39, 0.29) is 0 Å². The maximum Gasteiger partial charge on any atom is 0.0215 e. The number of nitrogens with one attached hydrogen (secondary N) is 1. The Morgan fingerprint density at radius 1 is 1.43 bits per heavy atom. The van der Waals surface area contributed by atoms with Crippen LogP contribution in [0.5, 0.6) is 0 Å². The summed E-state index contributed by atoms with van der Waals surface area (Å²) >= 11 is 0. The minimum Gasteiger partial charge on any atom is -0.330 e. The SMILES string of the molecule is [CH2]CCCC(C)N(CC)NCCCN. The average Bonchev–Trinajstić information content (AvgIpc) is 2.21. The lowest BCUT2D eigenvalue weighted by atomic mass is 10.1. The van der Waals surface area contributed by atoms with E-state index < -0.39 is 0 Å². The molecule has 0 aromatic carbocycles. The predicted molar refractivity (Wildman–Crippen MR) is 62.7 cm³/mol. The number of hydrogen-bond acceptors (Lipinski definition) is 3. The van der Waals surface area contributed by atoms with E-state index in [2.05, 4.69) is 31.2 Å². The Bertz CT molecular complexity index is 117. The molecule has 0 aliphatic heterocycles. The molecule has 0 aromatic heterocycles. The van der Waals surface area contributed by atoms with Crippen LogP contribution in [0.4, 0.5) is 0 Å². The number of nitrogens with zero attached hydrogens (tertiary/aromatic N) is 1. The molecular formula is C11H26N3. The monoisotopic (exact) mass is 200 g/mol. The average molecular weight is 200 g/mol. The van der Waals surface area contributed by atoms with E-state index in [1.807, 2.05) is 0 Å². The van der Waals surface area contributed by atoms with Crippen LogP contribution in [-0.4, -0.2) is 30.7 Å². The second-order valence-corrected chi connectivity index (χ2v) is 3.68. The largest absolute Gasteiger partial charge is 0.330 e. The molecule has 1 atom stereocenters. The van der Waals surface area contributed by atoms with E-state index in [9.17, 15) is 0 Å². The highest BCUT2D eigenvalue weighted by molar-refractivity contribution is 4.63. The molecule has 1 unspecified atom stereocenters. The van der Waals surface area contributed by atoms with Gasteiger partial charge in [0.2, 0.25) is 0 Å². The Labute approximate surface area is 89.0 Å². The van der Waals surface area contributed by atoms with E-state index in [1.165, 1.54) is 12.8 Å². The second-order valence-electron chi connectivity index (χ2n) is 3.68. The van der Waals surface area contributed by atoms with E-state index in [0.717, 1.165) is 32.5 Å². The molecule has 0 saturated heterocycles. The highest BCUT2D eigenvalue weighted by Gasteiger charge is 2.09. The van der Waals surface area contributed by atoms with Gasteiger partial charge in [0, 0.05) is 19.1 Å². The van der Waals surface area contributed by atoms with Crippen molar-refractivity contribution in [1.82, 2.24) is 10.4 Å². The summed E-state index contributed by atoms with van der Waals surface area (Å²) in [5.74, 6) is 0. The quantitative estimate of drug-likeness (QED) is 0.438. The Hall–Kier alpha value is -0.120. The molecular weight excluding hydrogens is 174 g/mol. The van der Waals surface area contributed by atoms with Crippen molar-refractivity contribution in [2.24, 2.45) is 5.73 Å². The van der Waals surface area contributed by atoms with Gasteiger partial charge in [0.05, 0.1) is 0 Å². The maximum atomic E-state index is 5.45. The normalized spacial score (nSPS) is 13.5. The molecule has 3 heteroatoms. The summed E-state index contributed by atoms with van der Waals surface area (Å²) in [7, 11) is 0. The molecule has 3 N–H and O–H groups in total. The topological polar surface area (TPSA) is 41.3 Å². The first-order chi connectivity index (χ1) is 6.76. The minimum absolute atomic E-state index is 0.597. The number of hydrogen-bond donors (Lipinski definition) is 2. The Morgan fingerprint density at radius 3 is 2.64 bits per heavy atom. The van der Waals surface area contributed by atoms with Crippen LogP contribution < -0.4 is 11.2 Å². The Morgan fingerprint density at radius 2 is 2.14 bits per heavy atom. The van der Waals surface area contributed by atoms with Crippen LogP contribution in [0, 0.1) is 6.92 Å². The van der Waals surface area contributed by atoms with Gasteiger partial charge < -0.3 is 5.73 Å². The fraction of sp³-hybridized carbons (Fsp3) is 0.909. The summed E-state index contributed by atoms with van der Waals surface area (Å²) in [5.41, 5.74) is 8.86. The van der Waals surface area contributed by atoms with Crippen LogP contribution in [0.15, 0.2) is 0 Å². The van der Waals surface area contributed by atoms with Crippen molar-refractivity contribution in [1.29, 1.82) is 0 Å². The van der Waals surface area contributed by atoms with E-state index in [1.54, 1.807) is 0 Å². The van der Waals surface area contributed by atoms with Gasteiger partial charge in [-0.15, -0.1) is 0 Å². The lowest BCUT2D eigenvalue weighted by molar-refractivity contribution is 0.133.